The number of hydrogen-bond acceptors (Lipinski definition) is 10. The minimum atomic E-state index is -0.568. The number of amidine groups is 1. The molecule has 0 bridgehead atoms. The molecule has 4 rings (SSSR count). The Kier molecular flexibility index (Phi) is 9.48. The molecule has 3 aliphatic heterocycles. The van der Waals surface area contributed by atoms with Crippen molar-refractivity contribution in [2.75, 3.05) is 60.2 Å². The van der Waals surface area contributed by atoms with Crippen LogP contribution in [0.5, 0.6) is 11.5 Å². The summed E-state index contributed by atoms with van der Waals surface area (Å²) in [4.78, 5) is 35.1. The van der Waals surface area contributed by atoms with Gasteiger partial charge in [-0.2, -0.15) is 0 Å². The van der Waals surface area contributed by atoms with E-state index in [1.54, 1.807) is 27.2 Å². The van der Waals surface area contributed by atoms with Crippen LogP contribution in [-0.4, -0.2) is 87.1 Å². The molecule has 10 nitrogen and oxygen atoms in total. The summed E-state index contributed by atoms with van der Waals surface area (Å²) in [7, 11) is 3.13. The summed E-state index contributed by atoms with van der Waals surface area (Å²) in [5.41, 5.74) is 2.48. The van der Waals surface area contributed by atoms with E-state index in [9.17, 15) is 9.59 Å². The second-order valence-electron chi connectivity index (χ2n) is 8.88. The second kappa shape index (κ2) is 13.0. The number of hydrogen-bond donors (Lipinski definition) is 1. The van der Waals surface area contributed by atoms with Gasteiger partial charge in [0.15, 0.2) is 16.7 Å². The molecule has 1 atom stereocenters. The van der Waals surface area contributed by atoms with E-state index in [1.807, 2.05) is 22.4 Å². The average molecular weight is 543 g/mol. The highest BCUT2D eigenvalue weighted by atomic mass is 32.2. The lowest BCUT2D eigenvalue weighted by atomic mass is 9.93. The van der Waals surface area contributed by atoms with E-state index >= 15 is 0 Å². The number of carbonyl (C=O) groups excluding carboxylic acids is 2. The van der Waals surface area contributed by atoms with Crippen LogP contribution in [0.2, 0.25) is 0 Å². The summed E-state index contributed by atoms with van der Waals surface area (Å²) >= 11 is 1.43. The molecule has 0 aliphatic carbocycles. The van der Waals surface area contributed by atoms with Crippen molar-refractivity contribution in [3.8, 4) is 11.5 Å². The van der Waals surface area contributed by atoms with E-state index in [-0.39, 0.29) is 18.9 Å². The zero-order valence-corrected chi connectivity index (χ0v) is 22.8. The van der Waals surface area contributed by atoms with Crippen LogP contribution in [0, 0.1) is 0 Å². The first kappa shape index (κ1) is 27.7. The molecule has 1 aromatic rings. The largest absolute Gasteiger partial charge is 0.493 e. The van der Waals surface area contributed by atoms with Crippen LogP contribution < -0.4 is 14.8 Å². The summed E-state index contributed by atoms with van der Waals surface area (Å²) in [6.45, 7) is 10.0. The van der Waals surface area contributed by atoms with Crippen molar-refractivity contribution in [1.82, 2.24) is 15.1 Å². The summed E-state index contributed by atoms with van der Waals surface area (Å²) in [6.07, 6.45) is 1.67. The van der Waals surface area contributed by atoms with Gasteiger partial charge in [-0.25, -0.2) is 9.79 Å². The molecule has 0 radical (unpaired) electrons. The van der Waals surface area contributed by atoms with Crippen LogP contribution >= 0.6 is 11.8 Å². The molecule has 1 saturated heterocycles. The van der Waals surface area contributed by atoms with Crippen LogP contribution in [0.4, 0.5) is 0 Å². The van der Waals surface area contributed by atoms with E-state index < -0.39 is 12.0 Å². The quantitative estimate of drug-likeness (QED) is 0.334. The molecule has 1 N–H and O–H groups in total. The molecular weight excluding hydrogens is 508 g/mol. The average Bonchev–Trinajstić information content (AvgIpc) is 3.32. The number of rotatable bonds is 11. The Morgan fingerprint density at radius 2 is 2.00 bits per heavy atom. The highest BCUT2D eigenvalue weighted by Crippen LogP contribution is 2.46. The SMILES string of the molecule is C=CCOC(=O)C1=C(C)N=C2SC=C(CC(=O)NCCN3CCOCC3)N2C1c1ccc(OC)c(OC)c1. The maximum atomic E-state index is 13.2. The van der Waals surface area contributed by atoms with Gasteiger partial charge >= 0.3 is 5.97 Å². The smallest absolute Gasteiger partial charge is 0.338 e. The topological polar surface area (TPSA) is 102 Å². The molecule has 38 heavy (non-hydrogen) atoms. The number of methoxy groups -OCH3 is 2. The number of benzene rings is 1. The first-order valence-corrected chi connectivity index (χ1v) is 13.4. The second-order valence-corrected chi connectivity index (χ2v) is 9.71. The molecule has 1 amide bonds. The van der Waals surface area contributed by atoms with E-state index in [2.05, 4.69) is 21.8 Å². The number of nitrogens with zero attached hydrogens (tertiary/aromatic N) is 3. The molecule has 1 aromatic carbocycles. The Morgan fingerprint density at radius 1 is 1.24 bits per heavy atom. The molecule has 204 valence electrons. The Balaban J connectivity index is 1.58. The fourth-order valence-corrected chi connectivity index (χ4v) is 5.55. The first-order valence-electron chi connectivity index (χ1n) is 12.5. The van der Waals surface area contributed by atoms with E-state index in [0.29, 0.717) is 34.5 Å². The fraction of sp³-hybridized carbons (Fsp3) is 0.444. The zero-order valence-electron chi connectivity index (χ0n) is 22.0. The maximum absolute atomic E-state index is 13.2. The Morgan fingerprint density at radius 3 is 2.71 bits per heavy atom. The van der Waals surface area contributed by atoms with Gasteiger partial charge in [-0.05, 0) is 30.0 Å². The van der Waals surface area contributed by atoms with Crippen molar-refractivity contribution in [2.45, 2.75) is 19.4 Å². The monoisotopic (exact) mass is 542 g/mol. The summed E-state index contributed by atoms with van der Waals surface area (Å²) < 4.78 is 21.8. The molecular formula is C27H34N4O6S. The number of carbonyl (C=O) groups is 2. The lowest BCUT2D eigenvalue weighted by Gasteiger charge is -2.36. The number of allylic oxidation sites excluding steroid dienone is 1. The van der Waals surface area contributed by atoms with Gasteiger partial charge in [0.25, 0.3) is 0 Å². The molecule has 3 aliphatic rings. The summed E-state index contributed by atoms with van der Waals surface area (Å²) in [5.74, 6) is 0.517. The third-order valence-corrected chi connectivity index (χ3v) is 7.36. The highest BCUT2D eigenvalue weighted by Gasteiger charge is 2.41. The van der Waals surface area contributed by atoms with Gasteiger partial charge in [-0.15, -0.1) is 0 Å². The predicted octanol–water partition coefficient (Wildman–Crippen LogP) is 2.85. The Bertz CT molecular complexity index is 1160. The van der Waals surface area contributed by atoms with Gasteiger partial charge in [0.1, 0.15) is 6.61 Å². The molecule has 0 spiro atoms. The van der Waals surface area contributed by atoms with Crippen molar-refractivity contribution in [3.63, 3.8) is 0 Å². The number of aliphatic imine (C=N–C) groups is 1. The molecule has 1 unspecified atom stereocenters. The maximum Gasteiger partial charge on any atom is 0.338 e. The summed E-state index contributed by atoms with van der Waals surface area (Å²) in [5, 5.41) is 5.63. The van der Waals surface area contributed by atoms with Gasteiger partial charge < -0.3 is 29.2 Å². The molecule has 3 heterocycles. The van der Waals surface area contributed by atoms with E-state index in [4.69, 9.17) is 18.9 Å². The predicted molar refractivity (Wildman–Crippen MR) is 146 cm³/mol. The van der Waals surface area contributed by atoms with Crippen LogP contribution in [-0.2, 0) is 19.1 Å². The normalized spacial score (nSPS) is 19.3. The third kappa shape index (κ3) is 6.23. The molecule has 11 heteroatoms. The lowest BCUT2D eigenvalue weighted by molar-refractivity contribution is -0.138. The number of nitrogens with one attached hydrogen (secondary N) is 1. The van der Waals surface area contributed by atoms with E-state index in [1.165, 1.54) is 17.8 Å². The van der Waals surface area contributed by atoms with Crippen LogP contribution in [0.1, 0.15) is 24.9 Å². The number of fused-ring (bicyclic) bond motifs is 1. The number of morpholine rings is 1. The number of amides is 1. The van der Waals surface area contributed by atoms with Gasteiger partial charge in [0, 0.05) is 31.9 Å². The fourth-order valence-electron chi connectivity index (χ4n) is 4.59. The standard InChI is InChI=1S/C27H34N4O6S/c1-5-12-37-26(33)24-18(2)29-27-31(25(24)19-6-7-21(34-3)22(15-19)35-4)20(17-38-27)16-23(32)28-8-9-30-10-13-36-14-11-30/h5-7,15,17,25H,1,8-14,16H2,2-4H3,(H,28,32). The Labute approximate surface area is 227 Å². The molecule has 0 aromatic heterocycles. The van der Waals surface area contributed by atoms with Gasteiger partial charge in [0.05, 0.1) is 51.2 Å². The summed E-state index contributed by atoms with van der Waals surface area (Å²) in [6, 6.07) is 4.95. The number of ether oxygens (including phenoxy) is 4. The minimum Gasteiger partial charge on any atom is -0.493 e. The van der Waals surface area contributed by atoms with Crippen molar-refractivity contribution in [2.24, 2.45) is 4.99 Å². The number of thioether (sulfide) groups is 1. The number of esters is 1. The van der Waals surface area contributed by atoms with Crippen molar-refractivity contribution < 1.29 is 28.5 Å². The third-order valence-electron chi connectivity index (χ3n) is 6.47. The van der Waals surface area contributed by atoms with Gasteiger partial charge in [0.2, 0.25) is 5.91 Å². The lowest BCUT2D eigenvalue weighted by Crippen LogP contribution is -2.42. The Hall–Kier alpha value is -3.28. The van der Waals surface area contributed by atoms with Crippen molar-refractivity contribution in [1.29, 1.82) is 0 Å². The van der Waals surface area contributed by atoms with Gasteiger partial charge in [-0.1, -0.05) is 30.5 Å². The van der Waals surface area contributed by atoms with Crippen LogP contribution in [0.15, 0.2) is 58.2 Å². The van der Waals surface area contributed by atoms with Crippen LogP contribution in [0.25, 0.3) is 0 Å². The molecule has 1 fully saturated rings. The van der Waals surface area contributed by atoms with Gasteiger partial charge in [-0.3, -0.25) is 9.69 Å². The van der Waals surface area contributed by atoms with Crippen molar-refractivity contribution >= 4 is 28.8 Å². The first-order chi connectivity index (χ1) is 18.5. The van der Waals surface area contributed by atoms with Crippen molar-refractivity contribution in [3.05, 3.63) is 58.8 Å². The van der Waals surface area contributed by atoms with Crippen LogP contribution in [0.3, 0.4) is 0 Å². The zero-order chi connectivity index (χ0) is 27.1. The highest BCUT2D eigenvalue weighted by molar-refractivity contribution is 8.16. The minimum absolute atomic E-state index is 0.0772. The van der Waals surface area contributed by atoms with E-state index in [0.717, 1.165) is 44.1 Å². The molecule has 0 saturated carbocycles.